The van der Waals surface area contributed by atoms with Crippen LogP contribution in [0.15, 0.2) is 12.1 Å². The Morgan fingerprint density at radius 2 is 1.90 bits per heavy atom. The van der Waals surface area contributed by atoms with Gasteiger partial charge in [-0.25, -0.2) is 13.6 Å². The number of likely N-dealkylation sites (tertiary alicyclic amines) is 1. The smallest absolute Gasteiger partial charge is 0.326 e. The van der Waals surface area contributed by atoms with E-state index in [9.17, 15) is 18.4 Å². The summed E-state index contributed by atoms with van der Waals surface area (Å²) in [4.78, 5) is 24.6. The van der Waals surface area contributed by atoms with Crippen molar-refractivity contribution in [2.75, 3.05) is 6.54 Å². The summed E-state index contributed by atoms with van der Waals surface area (Å²) in [6.45, 7) is 0.255. The normalized spacial score (nSPS) is 18.9. The zero-order valence-electron chi connectivity index (χ0n) is 10.4. The summed E-state index contributed by atoms with van der Waals surface area (Å²) in [5.74, 6) is -4.15. The van der Waals surface area contributed by atoms with Gasteiger partial charge in [0.2, 0.25) is 0 Å². The van der Waals surface area contributed by atoms with Crippen LogP contribution < -0.4 is 0 Å². The topological polar surface area (TPSA) is 57.6 Å². The maximum Gasteiger partial charge on any atom is 0.326 e. The Kier molecular flexibility index (Phi) is 4.23. The van der Waals surface area contributed by atoms with Crippen LogP contribution in [-0.4, -0.2) is 34.5 Å². The van der Waals surface area contributed by atoms with Crippen LogP contribution in [0, 0.1) is 11.6 Å². The van der Waals surface area contributed by atoms with Crippen LogP contribution in [0.5, 0.6) is 0 Å². The number of halogens is 3. The van der Waals surface area contributed by atoms with Gasteiger partial charge in [0.05, 0.1) is 10.6 Å². The summed E-state index contributed by atoms with van der Waals surface area (Å²) in [7, 11) is 0. The van der Waals surface area contributed by atoms with Gasteiger partial charge in [0, 0.05) is 6.54 Å². The minimum absolute atomic E-state index is 0.223. The van der Waals surface area contributed by atoms with E-state index in [1.54, 1.807) is 0 Å². The zero-order valence-corrected chi connectivity index (χ0v) is 11.2. The molecule has 108 valence electrons. The average Bonchev–Trinajstić information content (AvgIpc) is 2.42. The average molecular weight is 304 g/mol. The number of piperidine rings is 1. The van der Waals surface area contributed by atoms with E-state index < -0.39 is 29.6 Å². The lowest BCUT2D eigenvalue weighted by Gasteiger charge is -2.33. The highest BCUT2D eigenvalue weighted by Crippen LogP contribution is 2.25. The highest BCUT2D eigenvalue weighted by atomic mass is 35.5. The van der Waals surface area contributed by atoms with Crippen LogP contribution >= 0.6 is 11.6 Å². The second-order valence-electron chi connectivity index (χ2n) is 4.59. The molecule has 1 amide bonds. The van der Waals surface area contributed by atoms with Gasteiger partial charge in [-0.3, -0.25) is 4.79 Å². The predicted octanol–water partition coefficient (Wildman–Crippen LogP) is 2.70. The van der Waals surface area contributed by atoms with Gasteiger partial charge in [0.25, 0.3) is 5.91 Å². The minimum atomic E-state index is -1.19. The lowest BCUT2D eigenvalue weighted by Crippen LogP contribution is -2.48. The molecule has 0 bridgehead atoms. The van der Waals surface area contributed by atoms with E-state index in [2.05, 4.69) is 0 Å². The number of carboxylic acid groups (broad SMARTS) is 1. The van der Waals surface area contributed by atoms with Crippen molar-refractivity contribution in [3.63, 3.8) is 0 Å². The van der Waals surface area contributed by atoms with Crippen LogP contribution in [0.4, 0.5) is 8.78 Å². The molecule has 1 aromatic carbocycles. The van der Waals surface area contributed by atoms with Crippen molar-refractivity contribution in [2.45, 2.75) is 25.3 Å². The maximum atomic E-state index is 13.2. The van der Waals surface area contributed by atoms with Gasteiger partial charge in [-0.05, 0) is 31.4 Å². The van der Waals surface area contributed by atoms with Gasteiger partial charge < -0.3 is 10.0 Å². The van der Waals surface area contributed by atoms with Gasteiger partial charge >= 0.3 is 5.97 Å². The first-order valence-corrected chi connectivity index (χ1v) is 6.48. The first-order chi connectivity index (χ1) is 9.41. The van der Waals surface area contributed by atoms with Crippen molar-refractivity contribution in [1.82, 2.24) is 4.90 Å². The summed E-state index contributed by atoms with van der Waals surface area (Å²) < 4.78 is 26.2. The number of carboxylic acids is 1. The highest BCUT2D eigenvalue weighted by molar-refractivity contribution is 6.33. The van der Waals surface area contributed by atoms with Crippen LogP contribution in [0.1, 0.15) is 29.6 Å². The molecule has 1 heterocycles. The zero-order chi connectivity index (χ0) is 14.9. The van der Waals surface area contributed by atoms with E-state index in [-0.39, 0.29) is 17.1 Å². The second kappa shape index (κ2) is 5.75. The van der Waals surface area contributed by atoms with E-state index in [1.807, 2.05) is 0 Å². The monoisotopic (exact) mass is 303 g/mol. The van der Waals surface area contributed by atoms with Crippen molar-refractivity contribution in [2.24, 2.45) is 0 Å². The summed E-state index contributed by atoms with van der Waals surface area (Å²) >= 11 is 5.74. The summed E-state index contributed by atoms with van der Waals surface area (Å²) in [5.41, 5.74) is -0.223. The van der Waals surface area contributed by atoms with Crippen LogP contribution in [0.25, 0.3) is 0 Å². The number of amides is 1. The van der Waals surface area contributed by atoms with Crippen molar-refractivity contribution in [3.05, 3.63) is 34.4 Å². The van der Waals surface area contributed by atoms with Crippen molar-refractivity contribution in [3.8, 4) is 0 Å². The van der Waals surface area contributed by atoms with E-state index >= 15 is 0 Å². The summed E-state index contributed by atoms with van der Waals surface area (Å²) in [5, 5.41) is 8.88. The van der Waals surface area contributed by atoms with Crippen LogP contribution in [0.3, 0.4) is 0 Å². The van der Waals surface area contributed by atoms with Gasteiger partial charge in [0.15, 0.2) is 11.6 Å². The first-order valence-electron chi connectivity index (χ1n) is 6.10. The fraction of sp³-hybridized carbons (Fsp3) is 0.385. The molecule has 1 atom stereocenters. The largest absolute Gasteiger partial charge is 0.480 e. The standard InChI is InChI=1S/C13H12ClF2NO3/c14-8-6-10(16)9(15)5-7(8)12(18)17-4-2-1-3-11(17)13(19)20/h5-6,11H,1-4H2,(H,19,20)/t11-/m0/s1. The molecule has 0 saturated carbocycles. The predicted molar refractivity (Wildman–Crippen MR) is 67.7 cm³/mol. The van der Waals surface area contributed by atoms with Crippen molar-refractivity contribution >= 4 is 23.5 Å². The van der Waals surface area contributed by atoms with Crippen LogP contribution in [0.2, 0.25) is 5.02 Å². The van der Waals surface area contributed by atoms with Crippen molar-refractivity contribution in [1.29, 1.82) is 0 Å². The van der Waals surface area contributed by atoms with Gasteiger partial charge in [-0.2, -0.15) is 0 Å². The third-order valence-electron chi connectivity index (χ3n) is 3.29. The second-order valence-corrected chi connectivity index (χ2v) is 5.00. The highest BCUT2D eigenvalue weighted by Gasteiger charge is 2.33. The number of carbonyl (C=O) groups is 2. The molecule has 0 spiro atoms. The van der Waals surface area contributed by atoms with Crippen LogP contribution in [-0.2, 0) is 4.79 Å². The molecule has 1 aromatic rings. The number of hydrogen-bond donors (Lipinski definition) is 1. The molecular weight excluding hydrogens is 292 g/mol. The maximum absolute atomic E-state index is 13.2. The molecule has 4 nitrogen and oxygen atoms in total. The minimum Gasteiger partial charge on any atom is -0.480 e. The molecule has 1 aliphatic rings. The molecule has 2 rings (SSSR count). The molecule has 20 heavy (non-hydrogen) atoms. The number of hydrogen-bond acceptors (Lipinski definition) is 2. The van der Waals surface area contributed by atoms with Crippen molar-refractivity contribution < 1.29 is 23.5 Å². The number of rotatable bonds is 2. The molecular formula is C13H12ClF2NO3. The molecule has 7 heteroatoms. The first kappa shape index (κ1) is 14.7. The number of nitrogens with zero attached hydrogens (tertiary/aromatic N) is 1. The molecule has 1 aliphatic heterocycles. The SMILES string of the molecule is O=C(O)[C@@H]1CCCCN1C(=O)c1cc(F)c(F)cc1Cl. The summed E-state index contributed by atoms with van der Waals surface area (Å²) in [6.07, 6.45) is 1.70. The fourth-order valence-corrected chi connectivity index (χ4v) is 2.50. The lowest BCUT2D eigenvalue weighted by molar-refractivity contribution is -0.143. The van der Waals surface area contributed by atoms with E-state index in [0.29, 0.717) is 31.4 Å². The van der Waals surface area contributed by atoms with E-state index in [1.165, 1.54) is 0 Å². The Morgan fingerprint density at radius 3 is 2.55 bits per heavy atom. The Labute approximate surface area is 118 Å². The Hall–Kier alpha value is -1.69. The molecule has 0 unspecified atom stereocenters. The molecule has 1 saturated heterocycles. The molecule has 0 aromatic heterocycles. The lowest BCUT2D eigenvalue weighted by atomic mass is 10.0. The number of carbonyl (C=O) groups excluding carboxylic acids is 1. The van der Waals surface area contributed by atoms with E-state index in [4.69, 9.17) is 16.7 Å². The molecule has 1 fully saturated rings. The number of benzene rings is 1. The Balaban J connectivity index is 2.34. The molecule has 0 radical (unpaired) electrons. The third kappa shape index (κ3) is 2.75. The molecule has 0 aliphatic carbocycles. The summed E-state index contributed by atoms with van der Waals surface area (Å²) in [6, 6.07) is 0.456. The third-order valence-corrected chi connectivity index (χ3v) is 3.60. The van der Waals surface area contributed by atoms with Gasteiger partial charge in [-0.15, -0.1) is 0 Å². The number of aliphatic carboxylic acids is 1. The van der Waals surface area contributed by atoms with Gasteiger partial charge in [-0.1, -0.05) is 11.6 Å². The van der Waals surface area contributed by atoms with Gasteiger partial charge in [0.1, 0.15) is 6.04 Å². The Bertz CT molecular complexity index is 565. The van der Waals surface area contributed by atoms with E-state index in [0.717, 1.165) is 4.90 Å². The fourth-order valence-electron chi connectivity index (χ4n) is 2.27. The quantitative estimate of drug-likeness (QED) is 0.855. The molecule has 1 N–H and O–H groups in total. The Morgan fingerprint density at radius 1 is 1.25 bits per heavy atom.